The van der Waals surface area contributed by atoms with Crippen LogP contribution in [-0.2, 0) is 28.8 Å². The van der Waals surface area contributed by atoms with Gasteiger partial charge in [0.15, 0.2) is 0 Å². The molecular formula is C18H31N5O8S. The van der Waals surface area contributed by atoms with Gasteiger partial charge in [0.05, 0.1) is 6.04 Å². The molecule has 4 atom stereocenters. The molecule has 182 valence electrons. The van der Waals surface area contributed by atoms with E-state index >= 15 is 0 Å². The number of carboxylic acid groups (broad SMARTS) is 2. The predicted molar refractivity (Wildman–Crippen MR) is 115 cm³/mol. The zero-order valence-electron chi connectivity index (χ0n) is 18.0. The van der Waals surface area contributed by atoms with Crippen molar-refractivity contribution in [3.8, 4) is 0 Å². The van der Waals surface area contributed by atoms with Gasteiger partial charge in [-0.15, -0.1) is 0 Å². The zero-order chi connectivity index (χ0) is 24.8. The van der Waals surface area contributed by atoms with E-state index in [1.807, 2.05) is 0 Å². The van der Waals surface area contributed by atoms with Gasteiger partial charge in [0.2, 0.25) is 23.6 Å². The van der Waals surface area contributed by atoms with E-state index in [0.717, 1.165) is 0 Å². The lowest BCUT2D eigenvalue weighted by atomic mass is 10.1. The Labute approximate surface area is 189 Å². The molecule has 4 unspecified atom stereocenters. The van der Waals surface area contributed by atoms with Gasteiger partial charge < -0.3 is 37.6 Å². The van der Waals surface area contributed by atoms with E-state index in [1.165, 1.54) is 18.7 Å². The average molecular weight is 478 g/mol. The van der Waals surface area contributed by atoms with E-state index in [1.54, 1.807) is 6.26 Å². The number of carbonyl (C=O) groups excluding carboxylic acids is 4. The summed E-state index contributed by atoms with van der Waals surface area (Å²) >= 11 is 1.42. The topological polar surface area (TPSA) is 231 Å². The number of carbonyl (C=O) groups is 6. The Morgan fingerprint density at radius 1 is 0.844 bits per heavy atom. The zero-order valence-corrected chi connectivity index (χ0v) is 18.8. The molecule has 9 N–H and O–H groups in total. The molecule has 0 saturated carbocycles. The lowest BCUT2D eigenvalue weighted by Gasteiger charge is -2.23. The van der Waals surface area contributed by atoms with Crippen LogP contribution in [-0.4, -0.2) is 82.0 Å². The third kappa shape index (κ3) is 12.1. The largest absolute Gasteiger partial charge is 0.481 e. The summed E-state index contributed by atoms with van der Waals surface area (Å²) in [6, 6.07) is -4.68. The fraction of sp³-hybridized carbons (Fsp3) is 0.667. The second kappa shape index (κ2) is 15.0. The molecule has 0 aromatic carbocycles. The number of rotatable bonds is 16. The van der Waals surface area contributed by atoms with Crippen LogP contribution < -0.4 is 27.4 Å². The van der Waals surface area contributed by atoms with Crippen molar-refractivity contribution in [3.05, 3.63) is 0 Å². The van der Waals surface area contributed by atoms with Crippen LogP contribution in [0.15, 0.2) is 0 Å². The van der Waals surface area contributed by atoms with Gasteiger partial charge >= 0.3 is 11.9 Å². The van der Waals surface area contributed by atoms with E-state index in [9.17, 15) is 28.8 Å². The van der Waals surface area contributed by atoms with Gasteiger partial charge in [0, 0.05) is 12.8 Å². The molecule has 0 saturated heterocycles. The highest BCUT2D eigenvalue weighted by Crippen LogP contribution is 2.04. The molecule has 0 radical (unpaired) electrons. The van der Waals surface area contributed by atoms with Crippen LogP contribution in [0.1, 0.15) is 39.0 Å². The van der Waals surface area contributed by atoms with Gasteiger partial charge in [-0.3, -0.25) is 24.0 Å². The van der Waals surface area contributed by atoms with Crippen molar-refractivity contribution in [1.29, 1.82) is 0 Å². The van der Waals surface area contributed by atoms with Crippen molar-refractivity contribution in [2.24, 2.45) is 11.5 Å². The lowest BCUT2D eigenvalue weighted by Crippen LogP contribution is -2.56. The maximum Gasteiger partial charge on any atom is 0.326 e. The van der Waals surface area contributed by atoms with Crippen LogP contribution in [0.4, 0.5) is 0 Å². The molecule has 4 amide bonds. The van der Waals surface area contributed by atoms with Crippen molar-refractivity contribution in [2.75, 3.05) is 12.0 Å². The van der Waals surface area contributed by atoms with Crippen LogP contribution >= 0.6 is 11.8 Å². The van der Waals surface area contributed by atoms with E-state index in [2.05, 4.69) is 16.0 Å². The van der Waals surface area contributed by atoms with Gasteiger partial charge in [-0.1, -0.05) is 0 Å². The lowest BCUT2D eigenvalue weighted by molar-refractivity contribution is -0.142. The summed E-state index contributed by atoms with van der Waals surface area (Å²) in [6.45, 7) is 1.33. The molecule has 0 aliphatic heterocycles. The summed E-state index contributed by atoms with van der Waals surface area (Å²) in [6.07, 6.45) is 1.13. The van der Waals surface area contributed by atoms with E-state index < -0.39 is 59.7 Å². The minimum atomic E-state index is -1.37. The Hall–Kier alpha value is -2.87. The fourth-order valence-corrected chi connectivity index (χ4v) is 2.88. The van der Waals surface area contributed by atoms with Crippen LogP contribution in [0, 0.1) is 0 Å². The summed E-state index contributed by atoms with van der Waals surface area (Å²) in [5, 5.41) is 24.9. The first-order valence-corrected chi connectivity index (χ1v) is 11.2. The first kappa shape index (κ1) is 29.1. The normalized spacial score (nSPS) is 14.3. The molecule has 0 bridgehead atoms. The van der Waals surface area contributed by atoms with Gasteiger partial charge in [-0.05, 0) is 38.2 Å². The molecule has 0 rings (SSSR count). The number of thioether (sulfide) groups is 1. The first-order chi connectivity index (χ1) is 14.9. The number of aliphatic carboxylic acids is 2. The second-order valence-corrected chi connectivity index (χ2v) is 8.00. The van der Waals surface area contributed by atoms with E-state index in [4.69, 9.17) is 21.7 Å². The Balaban J connectivity index is 5.01. The van der Waals surface area contributed by atoms with Crippen molar-refractivity contribution in [2.45, 2.75) is 63.2 Å². The molecule has 0 aliphatic rings. The number of carboxylic acids is 2. The first-order valence-electron chi connectivity index (χ1n) is 9.77. The average Bonchev–Trinajstić information content (AvgIpc) is 2.71. The second-order valence-electron chi connectivity index (χ2n) is 7.02. The summed E-state index contributed by atoms with van der Waals surface area (Å²) in [7, 11) is 0. The third-order valence-corrected chi connectivity index (χ3v) is 4.94. The van der Waals surface area contributed by atoms with Gasteiger partial charge in [-0.25, -0.2) is 4.79 Å². The molecule has 0 heterocycles. The van der Waals surface area contributed by atoms with Gasteiger partial charge in [0.25, 0.3) is 0 Å². The molecule has 0 aliphatic carbocycles. The number of nitrogens with two attached hydrogens (primary N) is 2. The SMILES string of the molecule is CSCCC(NC(=O)C(N)CCC(=O)O)C(=O)NC(C)C(=O)NC(CCC(N)=O)C(=O)O. The number of amides is 4. The molecule has 0 aromatic heterocycles. The Morgan fingerprint density at radius 2 is 1.44 bits per heavy atom. The molecule has 32 heavy (non-hydrogen) atoms. The molecule has 0 aromatic rings. The number of nitrogens with one attached hydrogen (secondary N) is 3. The predicted octanol–water partition coefficient (Wildman–Crippen LogP) is -2.24. The van der Waals surface area contributed by atoms with Crippen molar-refractivity contribution in [3.63, 3.8) is 0 Å². The standard InChI is InChI=1S/C18H31N5O8S/c1-9(15(27)23-12(18(30)31)4-5-13(20)24)21-17(29)11(7-8-32-2)22-16(28)10(19)3-6-14(25)26/h9-12H,3-8,19H2,1-2H3,(H2,20,24)(H,21,29)(H,22,28)(H,23,27)(H,25,26)(H,30,31). The highest BCUT2D eigenvalue weighted by Gasteiger charge is 2.28. The minimum absolute atomic E-state index is 0.112. The van der Waals surface area contributed by atoms with Crippen LogP contribution in [0.3, 0.4) is 0 Å². The van der Waals surface area contributed by atoms with E-state index in [-0.39, 0.29) is 32.1 Å². The van der Waals surface area contributed by atoms with E-state index in [0.29, 0.717) is 5.75 Å². The van der Waals surface area contributed by atoms with Gasteiger partial charge in [-0.2, -0.15) is 11.8 Å². The highest BCUT2D eigenvalue weighted by atomic mass is 32.2. The smallest absolute Gasteiger partial charge is 0.326 e. The quantitative estimate of drug-likeness (QED) is 0.126. The molecule has 13 nitrogen and oxygen atoms in total. The monoisotopic (exact) mass is 477 g/mol. The highest BCUT2D eigenvalue weighted by molar-refractivity contribution is 7.98. The molecule has 0 spiro atoms. The number of hydrogen-bond donors (Lipinski definition) is 7. The molecule has 0 fully saturated rings. The Bertz CT molecular complexity index is 705. The van der Waals surface area contributed by atoms with Crippen LogP contribution in [0.5, 0.6) is 0 Å². The van der Waals surface area contributed by atoms with Crippen LogP contribution in [0.25, 0.3) is 0 Å². The maximum atomic E-state index is 12.6. The van der Waals surface area contributed by atoms with Crippen molar-refractivity contribution in [1.82, 2.24) is 16.0 Å². The summed E-state index contributed by atoms with van der Waals surface area (Å²) in [5.41, 5.74) is 10.6. The summed E-state index contributed by atoms with van der Waals surface area (Å²) in [5.74, 6) is -4.90. The molecule has 14 heteroatoms. The number of primary amides is 1. The van der Waals surface area contributed by atoms with Crippen molar-refractivity contribution < 1.29 is 39.0 Å². The number of hydrogen-bond acceptors (Lipinski definition) is 8. The maximum absolute atomic E-state index is 12.6. The minimum Gasteiger partial charge on any atom is -0.481 e. The molecular weight excluding hydrogens is 446 g/mol. The summed E-state index contributed by atoms with van der Waals surface area (Å²) in [4.78, 5) is 69.8. The summed E-state index contributed by atoms with van der Waals surface area (Å²) < 4.78 is 0. The van der Waals surface area contributed by atoms with Gasteiger partial charge in [0.1, 0.15) is 18.1 Å². The van der Waals surface area contributed by atoms with Crippen LogP contribution in [0.2, 0.25) is 0 Å². The van der Waals surface area contributed by atoms with Crippen molar-refractivity contribution >= 4 is 47.3 Å². The fourth-order valence-electron chi connectivity index (χ4n) is 2.41. The Kier molecular flexibility index (Phi) is 13.7. The third-order valence-electron chi connectivity index (χ3n) is 4.30. The Morgan fingerprint density at radius 3 is 1.94 bits per heavy atom.